The van der Waals surface area contributed by atoms with Crippen LogP contribution < -0.4 is 11.1 Å². The van der Waals surface area contributed by atoms with Crippen LogP contribution in [0.2, 0.25) is 0 Å². The maximum atomic E-state index is 5.52. The Hall–Kier alpha value is -0.680. The fourth-order valence-electron chi connectivity index (χ4n) is 1.29. The number of nitrogens with zero attached hydrogens (tertiary/aromatic N) is 2. The van der Waals surface area contributed by atoms with Gasteiger partial charge in [0.2, 0.25) is 5.13 Å². The number of hydrogen-bond acceptors (Lipinski definition) is 5. The standard InChI is InChI=1S/C9H18N4S/c1-3-8(4-5-10)6-11-9-13-12-7(2)14-9/h8H,3-6,10H2,1-2H3,(H,11,13). The molecule has 1 heterocycles. The predicted octanol–water partition coefficient (Wildman–Crippen LogP) is 1.63. The average molecular weight is 214 g/mol. The minimum Gasteiger partial charge on any atom is -0.360 e. The van der Waals surface area contributed by atoms with Crippen molar-refractivity contribution in [1.29, 1.82) is 0 Å². The molecule has 0 spiro atoms. The van der Waals surface area contributed by atoms with Crippen LogP contribution in [0, 0.1) is 12.8 Å². The highest BCUT2D eigenvalue weighted by atomic mass is 32.1. The molecular formula is C9H18N4S. The number of hydrogen-bond donors (Lipinski definition) is 2. The van der Waals surface area contributed by atoms with Crippen molar-refractivity contribution in [2.75, 3.05) is 18.4 Å². The highest BCUT2D eigenvalue weighted by molar-refractivity contribution is 7.15. The van der Waals surface area contributed by atoms with Crippen molar-refractivity contribution in [2.24, 2.45) is 11.7 Å². The highest BCUT2D eigenvalue weighted by Crippen LogP contribution is 2.15. The highest BCUT2D eigenvalue weighted by Gasteiger charge is 2.06. The summed E-state index contributed by atoms with van der Waals surface area (Å²) in [6, 6.07) is 0. The molecule has 1 rings (SSSR count). The van der Waals surface area contributed by atoms with E-state index in [1.54, 1.807) is 11.3 Å². The molecule has 0 fully saturated rings. The third kappa shape index (κ3) is 3.59. The van der Waals surface area contributed by atoms with Gasteiger partial charge in [-0.05, 0) is 25.8 Å². The molecule has 0 saturated carbocycles. The van der Waals surface area contributed by atoms with Crippen molar-refractivity contribution in [3.05, 3.63) is 5.01 Å². The second-order valence-corrected chi connectivity index (χ2v) is 4.54. The number of rotatable bonds is 6. The SMILES string of the molecule is CCC(CCN)CNc1nnc(C)s1. The first-order valence-electron chi connectivity index (χ1n) is 5.00. The summed E-state index contributed by atoms with van der Waals surface area (Å²) in [5, 5.41) is 13.2. The Balaban J connectivity index is 2.31. The largest absolute Gasteiger partial charge is 0.360 e. The first kappa shape index (κ1) is 11.4. The van der Waals surface area contributed by atoms with Gasteiger partial charge in [0.15, 0.2) is 0 Å². The third-order valence-electron chi connectivity index (χ3n) is 2.22. The van der Waals surface area contributed by atoms with Crippen molar-refractivity contribution in [3.8, 4) is 0 Å². The molecule has 1 atom stereocenters. The maximum Gasteiger partial charge on any atom is 0.205 e. The molecular weight excluding hydrogens is 196 g/mol. The van der Waals surface area contributed by atoms with Crippen LogP contribution in [0.4, 0.5) is 5.13 Å². The van der Waals surface area contributed by atoms with E-state index in [0.29, 0.717) is 5.92 Å². The van der Waals surface area contributed by atoms with Crippen LogP contribution >= 0.6 is 11.3 Å². The van der Waals surface area contributed by atoms with Crippen molar-refractivity contribution in [1.82, 2.24) is 10.2 Å². The fourth-order valence-corrected chi connectivity index (χ4v) is 1.88. The molecule has 5 heteroatoms. The van der Waals surface area contributed by atoms with Gasteiger partial charge in [-0.25, -0.2) is 0 Å². The minimum absolute atomic E-state index is 0.643. The number of aryl methyl sites for hydroxylation is 1. The van der Waals surface area contributed by atoms with Gasteiger partial charge in [-0.2, -0.15) is 0 Å². The van der Waals surface area contributed by atoms with Gasteiger partial charge in [-0.3, -0.25) is 0 Å². The van der Waals surface area contributed by atoms with Crippen LogP contribution in [0.5, 0.6) is 0 Å². The maximum absolute atomic E-state index is 5.52. The van der Waals surface area contributed by atoms with Gasteiger partial charge in [0, 0.05) is 6.54 Å². The Kier molecular flexibility index (Phi) is 4.82. The van der Waals surface area contributed by atoms with Crippen molar-refractivity contribution in [3.63, 3.8) is 0 Å². The molecule has 0 aliphatic heterocycles. The van der Waals surface area contributed by atoms with E-state index < -0.39 is 0 Å². The molecule has 0 radical (unpaired) electrons. The monoisotopic (exact) mass is 214 g/mol. The molecule has 1 aromatic rings. The van der Waals surface area contributed by atoms with E-state index in [1.807, 2.05) is 6.92 Å². The Morgan fingerprint density at radius 1 is 1.50 bits per heavy atom. The van der Waals surface area contributed by atoms with E-state index in [9.17, 15) is 0 Å². The summed E-state index contributed by atoms with van der Waals surface area (Å²) in [7, 11) is 0. The summed E-state index contributed by atoms with van der Waals surface area (Å²) in [5.41, 5.74) is 5.52. The summed E-state index contributed by atoms with van der Waals surface area (Å²) >= 11 is 1.59. The van der Waals surface area contributed by atoms with Crippen LogP contribution in [0.3, 0.4) is 0 Å². The number of nitrogens with one attached hydrogen (secondary N) is 1. The van der Waals surface area contributed by atoms with Gasteiger partial charge in [-0.1, -0.05) is 24.7 Å². The average Bonchev–Trinajstić information content (AvgIpc) is 2.59. The molecule has 80 valence electrons. The first-order chi connectivity index (χ1) is 6.76. The zero-order valence-corrected chi connectivity index (χ0v) is 9.60. The number of aromatic nitrogens is 2. The number of nitrogens with two attached hydrogens (primary N) is 1. The van der Waals surface area contributed by atoms with E-state index in [-0.39, 0.29) is 0 Å². The molecule has 14 heavy (non-hydrogen) atoms. The topological polar surface area (TPSA) is 63.8 Å². The molecule has 4 nitrogen and oxygen atoms in total. The Morgan fingerprint density at radius 2 is 2.29 bits per heavy atom. The molecule has 1 unspecified atom stereocenters. The van der Waals surface area contributed by atoms with Gasteiger partial charge in [0.05, 0.1) is 0 Å². The lowest BCUT2D eigenvalue weighted by molar-refractivity contribution is 0.501. The van der Waals surface area contributed by atoms with Crippen LogP contribution in [-0.4, -0.2) is 23.3 Å². The van der Waals surface area contributed by atoms with Gasteiger partial charge in [0.25, 0.3) is 0 Å². The lowest BCUT2D eigenvalue weighted by Gasteiger charge is -2.13. The molecule has 3 N–H and O–H groups in total. The Labute approximate surface area is 88.9 Å². The van der Waals surface area contributed by atoms with Crippen molar-refractivity contribution < 1.29 is 0 Å². The zero-order chi connectivity index (χ0) is 10.4. The van der Waals surface area contributed by atoms with E-state index in [4.69, 9.17) is 5.73 Å². The Morgan fingerprint density at radius 3 is 2.79 bits per heavy atom. The minimum atomic E-state index is 0.643. The normalized spacial score (nSPS) is 12.8. The van der Waals surface area contributed by atoms with E-state index in [1.165, 1.54) is 0 Å². The Bertz CT molecular complexity index is 261. The molecule has 0 aliphatic carbocycles. The van der Waals surface area contributed by atoms with Crippen LogP contribution in [0.25, 0.3) is 0 Å². The van der Waals surface area contributed by atoms with E-state index in [0.717, 1.165) is 36.1 Å². The quantitative estimate of drug-likeness (QED) is 0.755. The molecule has 1 aromatic heterocycles. The van der Waals surface area contributed by atoms with Gasteiger partial charge in [-0.15, -0.1) is 10.2 Å². The lowest BCUT2D eigenvalue weighted by atomic mass is 10.0. The molecule has 0 amide bonds. The summed E-state index contributed by atoms with van der Waals surface area (Å²) in [5.74, 6) is 0.643. The van der Waals surface area contributed by atoms with E-state index >= 15 is 0 Å². The summed E-state index contributed by atoms with van der Waals surface area (Å²) in [4.78, 5) is 0. The lowest BCUT2D eigenvalue weighted by Crippen LogP contribution is -2.17. The van der Waals surface area contributed by atoms with Crippen LogP contribution in [0.1, 0.15) is 24.8 Å². The van der Waals surface area contributed by atoms with Crippen molar-refractivity contribution >= 4 is 16.5 Å². The first-order valence-corrected chi connectivity index (χ1v) is 5.82. The summed E-state index contributed by atoms with van der Waals surface area (Å²) in [6.45, 7) is 5.85. The second kappa shape index (κ2) is 5.93. The van der Waals surface area contributed by atoms with Gasteiger partial charge >= 0.3 is 0 Å². The van der Waals surface area contributed by atoms with Gasteiger partial charge in [0.1, 0.15) is 5.01 Å². The predicted molar refractivity (Wildman–Crippen MR) is 60.6 cm³/mol. The van der Waals surface area contributed by atoms with E-state index in [2.05, 4.69) is 22.4 Å². The molecule has 0 aromatic carbocycles. The smallest absolute Gasteiger partial charge is 0.205 e. The van der Waals surface area contributed by atoms with Crippen molar-refractivity contribution in [2.45, 2.75) is 26.7 Å². The summed E-state index contributed by atoms with van der Waals surface area (Å²) < 4.78 is 0. The fraction of sp³-hybridized carbons (Fsp3) is 0.778. The zero-order valence-electron chi connectivity index (χ0n) is 8.79. The van der Waals surface area contributed by atoms with Crippen LogP contribution in [-0.2, 0) is 0 Å². The second-order valence-electron chi connectivity index (χ2n) is 3.36. The third-order valence-corrected chi connectivity index (χ3v) is 3.02. The summed E-state index contributed by atoms with van der Waals surface area (Å²) in [6.07, 6.45) is 2.23. The molecule has 0 aliphatic rings. The van der Waals surface area contributed by atoms with Crippen LogP contribution in [0.15, 0.2) is 0 Å². The number of anilines is 1. The molecule has 0 bridgehead atoms. The van der Waals surface area contributed by atoms with Gasteiger partial charge < -0.3 is 11.1 Å². The molecule has 0 saturated heterocycles.